The molecule has 4 N–H and O–H groups in total. The largest absolute Gasteiger partial charge is 0.382 e. The average Bonchev–Trinajstić information content (AvgIpc) is 2.73. The Morgan fingerprint density at radius 3 is 2.61 bits per heavy atom. The molecule has 0 spiro atoms. The van der Waals surface area contributed by atoms with Crippen LogP contribution in [0, 0.1) is 0 Å². The number of hydrogen-bond donors (Lipinski definition) is 3. The Morgan fingerprint density at radius 2 is 1.86 bits per heavy atom. The molecular weight excluding hydrogens is 354 g/mol. The Bertz CT molecular complexity index is 989. The average molecular weight is 375 g/mol. The van der Waals surface area contributed by atoms with Crippen molar-refractivity contribution in [3.8, 4) is 11.3 Å². The lowest BCUT2D eigenvalue weighted by molar-refractivity contribution is -0.116. The second-order valence-electron chi connectivity index (χ2n) is 6.18. The number of amides is 2. The third-order valence-corrected chi connectivity index (χ3v) is 4.17. The minimum Gasteiger partial charge on any atom is -0.382 e. The molecule has 0 atom stereocenters. The highest BCUT2D eigenvalue weighted by molar-refractivity contribution is 5.96. The number of anilines is 2. The third kappa shape index (κ3) is 4.70. The minimum atomic E-state index is -0.405. The molecule has 1 heterocycles. The minimum absolute atomic E-state index is 0.0634. The number of rotatable bonds is 6. The van der Waals surface area contributed by atoms with Gasteiger partial charge in [0.25, 0.3) is 5.91 Å². The lowest BCUT2D eigenvalue weighted by Crippen LogP contribution is -2.21. The summed E-state index contributed by atoms with van der Waals surface area (Å²) in [5.41, 5.74) is 8.78. The van der Waals surface area contributed by atoms with Gasteiger partial charge in [0.15, 0.2) is 11.5 Å². The fourth-order valence-corrected chi connectivity index (χ4v) is 2.71. The monoisotopic (exact) mass is 375 g/mol. The van der Waals surface area contributed by atoms with E-state index in [1.54, 1.807) is 18.2 Å². The molecule has 0 aliphatic carbocycles. The maximum absolute atomic E-state index is 12.3. The molecule has 2 amide bonds. The van der Waals surface area contributed by atoms with Crippen molar-refractivity contribution in [2.75, 3.05) is 18.1 Å². The van der Waals surface area contributed by atoms with Gasteiger partial charge in [-0.1, -0.05) is 42.5 Å². The summed E-state index contributed by atoms with van der Waals surface area (Å²) in [6, 6.07) is 17.1. The number of carbonyl (C=O) groups excluding carboxylic acids is 2. The summed E-state index contributed by atoms with van der Waals surface area (Å²) < 4.78 is 0. The quantitative estimate of drug-likeness (QED) is 0.613. The van der Waals surface area contributed by atoms with Gasteiger partial charge in [0.1, 0.15) is 0 Å². The van der Waals surface area contributed by atoms with Gasteiger partial charge in [-0.2, -0.15) is 0 Å². The standard InChI is InChI=1S/C21H21N5O2/c1-23-21(28)19-20(22)24-13-17(26-19)15-8-5-9-16(12-15)25-18(27)11-10-14-6-3-2-4-7-14/h2-9,12-13H,10-11H2,1H3,(H2,22,24)(H,23,28)(H,25,27). The predicted octanol–water partition coefficient (Wildman–Crippen LogP) is 2.66. The van der Waals surface area contributed by atoms with Crippen molar-refractivity contribution in [2.24, 2.45) is 0 Å². The molecule has 0 aliphatic rings. The summed E-state index contributed by atoms with van der Waals surface area (Å²) in [6.45, 7) is 0. The zero-order chi connectivity index (χ0) is 19.9. The second-order valence-corrected chi connectivity index (χ2v) is 6.18. The van der Waals surface area contributed by atoms with Crippen LogP contribution in [-0.4, -0.2) is 28.8 Å². The van der Waals surface area contributed by atoms with E-state index in [0.717, 1.165) is 11.1 Å². The Balaban J connectivity index is 1.72. The maximum atomic E-state index is 12.3. The molecule has 7 nitrogen and oxygen atoms in total. The molecule has 7 heteroatoms. The first-order chi connectivity index (χ1) is 13.6. The van der Waals surface area contributed by atoms with Crippen LogP contribution < -0.4 is 16.4 Å². The van der Waals surface area contributed by atoms with Crippen LogP contribution in [0.4, 0.5) is 11.5 Å². The van der Waals surface area contributed by atoms with Gasteiger partial charge < -0.3 is 16.4 Å². The Hall–Kier alpha value is -3.74. The lowest BCUT2D eigenvalue weighted by atomic mass is 10.1. The summed E-state index contributed by atoms with van der Waals surface area (Å²) in [5, 5.41) is 5.38. The van der Waals surface area contributed by atoms with Crippen molar-refractivity contribution in [1.29, 1.82) is 0 Å². The van der Waals surface area contributed by atoms with E-state index in [9.17, 15) is 9.59 Å². The molecule has 28 heavy (non-hydrogen) atoms. The van der Waals surface area contributed by atoms with Gasteiger partial charge in [-0.25, -0.2) is 9.97 Å². The van der Waals surface area contributed by atoms with Crippen LogP contribution in [0.3, 0.4) is 0 Å². The molecule has 0 unspecified atom stereocenters. The molecule has 0 saturated heterocycles. The van der Waals surface area contributed by atoms with E-state index in [-0.39, 0.29) is 17.4 Å². The van der Waals surface area contributed by atoms with E-state index in [4.69, 9.17) is 5.73 Å². The zero-order valence-electron chi connectivity index (χ0n) is 15.5. The number of nitrogens with one attached hydrogen (secondary N) is 2. The molecule has 0 bridgehead atoms. The Kier molecular flexibility index (Phi) is 5.96. The Morgan fingerprint density at radius 1 is 1.07 bits per heavy atom. The van der Waals surface area contributed by atoms with Crippen LogP contribution in [0.2, 0.25) is 0 Å². The normalized spacial score (nSPS) is 10.3. The molecule has 0 radical (unpaired) electrons. The molecule has 3 aromatic rings. The summed E-state index contributed by atoms with van der Waals surface area (Å²) in [7, 11) is 1.50. The van der Waals surface area contributed by atoms with Gasteiger partial charge in [0, 0.05) is 24.7 Å². The van der Waals surface area contributed by atoms with Crippen molar-refractivity contribution >= 4 is 23.3 Å². The predicted molar refractivity (Wildman–Crippen MR) is 109 cm³/mol. The number of hydrogen-bond acceptors (Lipinski definition) is 5. The molecule has 2 aromatic carbocycles. The van der Waals surface area contributed by atoms with E-state index < -0.39 is 5.91 Å². The molecular formula is C21H21N5O2. The van der Waals surface area contributed by atoms with Gasteiger partial charge in [-0.15, -0.1) is 0 Å². The Labute approximate surface area is 163 Å². The smallest absolute Gasteiger partial charge is 0.273 e. The van der Waals surface area contributed by atoms with E-state index in [1.807, 2.05) is 36.4 Å². The van der Waals surface area contributed by atoms with Crippen LogP contribution in [0.1, 0.15) is 22.5 Å². The summed E-state index contributed by atoms with van der Waals surface area (Å²) >= 11 is 0. The molecule has 0 saturated carbocycles. The summed E-state index contributed by atoms with van der Waals surface area (Å²) in [6.07, 6.45) is 2.56. The number of aryl methyl sites for hydroxylation is 1. The van der Waals surface area contributed by atoms with Crippen LogP contribution in [0.25, 0.3) is 11.3 Å². The van der Waals surface area contributed by atoms with E-state index >= 15 is 0 Å². The van der Waals surface area contributed by atoms with Crippen LogP contribution >= 0.6 is 0 Å². The highest BCUT2D eigenvalue weighted by atomic mass is 16.2. The second kappa shape index (κ2) is 8.77. The highest BCUT2D eigenvalue weighted by Gasteiger charge is 2.13. The number of aromatic nitrogens is 2. The van der Waals surface area contributed by atoms with E-state index in [0.29, 0.717) is 24.2 Å². The van der Waals surface area contributed by atoms with Gasteiger partial charge >= 0.3 is 0 Å². The van der Waals surface area contributed by atoms with Crippen LogP contribution in [-0.2, 0) is 11.2 Å². The first-order valence-electron chi connectivity index (χ1n) is 8.85. The van der Waals surface area contributed by atoms with Gasteiger partial charge in [-0.3, -0.25) is 9.59 Å². The number of nitrogen functional groups attached to an aromatic ring is 1. The fraction of sp³-hybridized carbons (Fsp3) is 0.143. The molecule has 1 aromatic heterocycles. The fourth-order valence-electron chi connectivity index (χ4n) is 2.71. The summed E-state index contributed by atoms with van der Waals surface area (Å²) in [5.74, 6) is -0.416. The van der Waals surface area contributed by atoms with Crippen molar-refractivity contribution in [3.63, 3.8) is 0 Å². The maximum Gasteiger partial charge on any atom is 0.273 e. The molecule has 3 rings (SSSR count). The van der Waals surface area contributed by atoms with Crippen molar-refractivity contribution < 1.29 is 9.59 Å². The van der Waals surface area contributed by atoms with Gasteiger partial charge in [-0.05, 0) is 24.1 Å². The molecule has 142 valence electrons. The van der Waals surface area contributed by atoms with Crippen LogP contribution in [0.15, 0.2) is 60.8 Å². The highest BCUT2D eigenvalue weighted by Crippen LogP contribution is 2.22. The van der Waals surface area contributed by atoms with Crippen molar-refractivity contribution in [1.82, 2.24) is 15.3 Å². The van der Waals surface area contributed by atoms with Crippen LogP contribution in [0.5, 0.6) is 0 Å². The number of nitrogens with two attached hydrogens (primary N) is 1. The van der Waals surface area contributed by atoms with E-state index in [1.165, 1.54) is 13.2 Å². The number of carbonyl (C=O) groups is 2. The van der Waals surface area contributed by atoms with Gasteiger partial charge in [0.2, 0.25) is 5.91 Å². The van der Waals surface area contributed by atoms with E-state index in [2.05, 4.69) is 20.6 Å². The van der Waals surface area contributed by atoms with Crippen molar-refractivity contribution in [3.05, 3.63) is 72.1 Å². The first kappa shape index (κ1) is 19.0. The lowest BCUT2D eigenvalue weighted by Gasteiger charge is -2.09. The number of nitrogens with zero attached hydrogens (tertiary/aromatic N) is 2. The first-order valence-corrected chi connectivity index (χ1v) is 8.85. The topological polar surface area (TPSA) is 110 Å². The summed E-state index contributed by atoms with van der Waals surface area (Å²) in [4.78, 5) is 32.5. The third-order valence-electron chi connectivity index (χ3n) is 4.17. The SMILES string of the molecule is CNC(=O)c1nc(-c2cccc(NC(=O)CCc3ccccc3)c2)cnc1N. The molecule has 0 aliphatic heterocycles. The zero-order valence-corrected chi connectivity index (χ0v) is 15.5. The van der Waals surface area contributed by atoms with Gasteiger partial charge in [0.05, 0.1) is 11.9 Å². The molecule has 0 fully saturated rings. The number of benzene rings is 2. The van der Waals surface area contributed by atoms with Crippen molar-refractivity contribution in [2.45, 2.75) is 12.8 Å².